The van der Waals surface area contributed by atoms with Gasteiger partial charge in [-0.1, -0.05) is 106 Å². The monoisotopic (exact) mass is 531 g/mol. The summed E-state index contributed by atoms with van der Waals surface area (Å²) in [7, 11) is 1.97. The Kier molecular flexibility index (Phi) is 11.1. The molecule has 5 nitrogen and oxygen atoms in total. The highest BCUT2D eigenvalue weighted by molar-refractivity contribution is 6.30. The Morgan fingerprint density at radius 2 is 1.33 bits per heavy atom. The van der Waals surface area contributed by atoms with Crippen molar-refractivity contribution in [3.05, 3.63) is 69.7 Å². The summed E-state index contributed by atoms with van der Waals surface area (Å²) in [6.45, 7) is 3.35. The number of amides is 3. The van der Waals surface area contributed by atoms with Crippen LogP contribution in [0.15, 0.2) is 48.5 Å². The minimum absolute atomic E-state index is 0.247. The fraction of sp³-hybridized carbons (Fsp3) is 0.517. The maximum Gasteiger partial charge on any atom is 0.326 e. The number of halogens is 2. The molecule has 1 unspecified atom stereocenters. The van der Waals surface area contributed by atoms with Gasteiger partial charge in [-0.15, -0.1) is 0 Å². The Bertz CT molecular complexity index is 981. The standard InChI is InChI=1S/C29H39Cl2N3O2/c1-3-4-5-6-7-8-9-10-11-20-33(2)22-34-27(35)29(32-28(34)36,24-14-18-26(31)19-15-24)21-23-12-16-25(30)17-13-23/h12-19H,3-11,20-22H2,1-2H3,(H,32,36). The predicted octanol–water partition coefficient (Wildman–Crippen LogP) is 7.40. The lowest BCUT2D eigenvalue weighted by Gasteiger charge is -2.28. The van der Waals surface area contributed by atoms with Gasteiger partial charge in [0, 0.05) is 16.5 Å². The molecule has 3 amide bonds. The number of urea groups is 1. The van der Waals surface area contributed by atoms with E-state index >= 15 is 0 Å². The van der Waals surface area contributed by atoms with Crippen molar-refractivity contribution in [3.63, 3.8) is 0 Å². The van der Waals surface area contributed by atoms with Crippen molar-refractivity contribution in [3.8, 4) is 0 Å². The number of hydrogen-bond acceptors (Lipinski definition) is 3. The average Bonchev–Trinajstić information content (AvgIpc) is 3.09. The summed E-state index contributed by atoms with van der Waals surface area (Å²) >= 11 is 12.2. The largest absolute Gasteiger partial charge is 0.326 e. The second kappa shape index (κ2) is 14.0. The summed E-state index contributed by atoms with van der Waals surface area (Å²) in [4.78, 5) is 30.3. The first-order chi connectivity index (χ1) is 17.4. The first-order valence-electron chi connectivity index (χ1n) is 13.2. The summed E-state index contributed by atoms with van der Waals surface area (Å²) in [5.74, 6) is -0.247. The maximum atomic E-state index is 13.8. The van der Waals surface area contributed by atoms with Crippen LogP contribution in [-0.2, 0) is 16.8 Å². The fourth-order valence-electron chi connectivity index (χ4n) is 4.82. The van der Waals surface area contributed by atoms with Gasteiger partial charge < -0.3 is 5.32 Å². The first-order valence-corrected chi connectivity index (χ1v) is 13.9. The molecule has 36 heavy (non-hydrogen) atoms. The van der Waals surface area contributed by atoms with E-state index in [4.69, 9.17) is 23.2 Å². The molecular formula is C29H39Cl2N3O2. The average molecular weight is 533 g/mol. The second-order valence-corrected chi connectivity index (χ2v) is 10.8. The van der Waals surface area contributed by atoms with Crippen LogP contribution in [0.3, 0.4) is 0 Å². The lowest BCUT2D eigenvalue weighted by atomic mass is 9.83. The van der Waals surface area contributed by atoms with Crippen LogP contribution in [-0.4, -0.2) is 42.0 Å². The van der Waals surface area contributed by atoms with Gasteiger partial charge in [-0.3, -0.25) is 9.69 Å². The van der Waals surface area contributed by atoms with Gasteiger partial charge in [-0.05, 0) is 55.4 Å². The molecule has 1 aliphatic rings. The van der Waals surface area contributed by atoms with Crippen LogP contribution in [0.25, 0.3) is 0 Å². The number of nitrogens with one attached hydrogen (secondary N) is 1. The Morgan fingerprint density at radius 3 is 1.92 bits per heavy atom. The van der Waals surface area contributed by atoms with Crippen molar-refractivity contribution >= 4 is 35.1 Å². The maximum absolute atomic E-state index is 13.8. The molecule has 0 bridgehead atoms. The number of benzene rings is 2. The third-order valence-corrected chi connectivity index (χ3v) is 7.43. The van der Waals surface area contributed by atoms with Crippen molar-refractivity contribution in [1.82, 2.24) is 15.1 Å². The van der Waals surface area contributed by atoms with Gasteiger partial charge in [-0.2, -0.15) is 0 Å². The van der Waals surface area contributed by atoms with Gasteiger partial charge in [0.25, 0.3) is 5.91 Å². The van der Waals surface area contributed by atoms with Crippen LogP contribution in [0, 0.1) is 0 Å². The Balaban J connectivity index is 1.60. The van der Waals surface area contributed by atoms with Crippen LogP contribution in [0.5, 0.6) is 0 Å². The van der Waals surface area contributed by atoms with Crippen LogP contribution < -0.4 is 5.32 Å². The Morgan fingerprint density at radius 1 is 0.806 bits per heavy atom. The number of nitrogens with zero attached hydrogens (tertiary/aromatic N) is 2. The van der Waals surface area contributed by atoms with Crippen LogP contribution in [0.1, 0.15) is 75.8 Å². The van der Waals surface area contributed by atoms with E-state index in [0.717, 1.165) is 18.5 Å². The number of carbonyl (C=O) groups excluding carboxylic acids is 2. The third kappa shape index (κ3) is 7.71. The molecule has 1 fully saturated rings. The van der Waals surface area contributed by atoms with Crippen LogP contribution >= 0.6 is 23.2 Å². The topological polar surface area (TPSA) is 52.6 Å². The molecule has 1 atom stereocenters. The molecule has 196 valence electrons. The van der Waals surface area contributed by atoms with Crippen LogP contribution in [0.4, 0.5) is 4.79 Å². The zero-order chi connectivity index (χ0) is 26.0. The highest BCUT2D eigenvalue weighted by atomic mass is 35.5. The quantitative estimate of drug-likeness (QED) is 0.192. The summed E-state index contributed by atoms with van der Waals surface area (Å²) in [6, 6.07) is 14.1. The summed E-state index contributed by atoms with van der Waals surface area (Å²) < 4.78 is 0. The van der Waals surface area contributed by atoms with E-state index in [9.17, 15) is 9.59 Å². The Hall–Kier alpha value is -2.08. The lowest BCUT2D eigenvalue weighted by molar-refractivity contribution is -0.133. The van der Waals surface area contributed by atoms with Crippen molar-refractivity contribution in [1.29, 1.82) is 0 Å². The third-order valence-electron chi connectivity index (χ3n) is 6.92. The van der Waals surface area contributed by atoms with Gasteiger partial charge in [-0.25, -0.2) is 9.69 Å². The molecular weight excluding hydrogens is 493 g/mol. The molecule has 1 saturated heterocycles. The fourth-order valence-corrected chi connectivity index (χ4v) is 5.07. The van der Waals surface area contributed by atoms with Crippen molar-refractivity contribution in [2.45, 2.75) is 76.7 Å². The van der Waals surface area contributed by atoms with E-state index < -0.39 is 5.54 Å². The van der Waals surface area contributed by atoms with E-state index in [2.05, 4.69) is 17.1 Å². The minimum Gasteiger partial charge on any atom is -0.319 e. The van der Waals surface area contributed by atoms with Gasteiger partial charge in [0.2, 0.25) is 0 Å². The number of imide groups is 1. The molecule has 1 aliphatic heterocycles. The summed E-state index contributed by atoms with van der Waals surface area (Å²) in [5.41, 5.74) is 0.436. The van der Waals surface area contributed by atoms with Crippen molar-refractivity contribution in [2.75, 3.05) is 20.3 Å². The van der Waals surface area contributed by atoms with Crippen LogP contribution in [0.2, 0.25) is 10.0 Å². The predicted molar refractivity (Wildman–Crippen MR) is 148 cm³/mol. The molecule has 3 rings (SSSR count). The molecule has 2 aromatic rings. The molecule has 7 heteroatoms. The zero-order valence-corrected chi connectivity index (χ0v) is 23.1. The van der Waals surface area contributed by atoms with Crippen molar-refractivity contribution in [2.24, 2.45) is 0 Å². The summed E-state index contributed by atoms with van der Waals surface area (Å²) in [5, 5.41) is 4.22. The van der Waals surface area contributed by atoms with E-state index in [-0.39, 0.29) is 18.6 Å². The van der Waals surface area contributed by atoms with Gasteiger partial charge in [0.15, 0.2) is 5.54 Å². The summed E-state index contributed by atoms with van der Waals surface area (Å²) in [6.07, 6.45) is 11.7. The van der Waals surface area contributed by atoms with Gasteiger partial charge in [0.1, 0.15) is 0 Å². The number of rotatable bonds is 15. The molecule has 0 saturated carbocycles. The Labute approximate surface area is 226 Å². The lowest BCUT2D eigenvalue weighted by Crippen LogP contribution is -2.47. The van der Waals surface area contributed by atoms with E-state index in [0.29, 0.717) is 22.0 Å². The highest BCUT2D eigenvalue weighted by Gasteiger charge is 2.52. The number of unbranched alkanes of at least 4 members (excludes halogenated alkanes) is 8. The number of hydrogen-bond donors (Lipinski definition) is 1. The van der Waals surface area contributed by atoms with Crippen molar-refractivity contribution < 1.29 is 9.59 Å². The van der Waals surface area contributed by atoms with E-state index in [1.54, 1.807) is 24.3 Å². The normalized spacial score (nSPS) is 17.8. The second-order valence-electron chi connectivity index (χ2n) is 9.93. The first kappa shape index (κ1) is 28.5. The smallest absolute Gasteiger partial charge is 0.319 e. The SMILES string of the molecule is CCCCCCCCCCCN(C)CN1C(=O)NC(Cc2ccc(Cl)cc2)(c2ccc(Cl)cc2)C1=O. The molecule has 1 heterocycles. The minimum atomic E-state index is -1.19. The highest BCUT2D eigenvalue weighted by Crippen LogP contribution is 2.34. The van der Waals surface area contributed by atoms with Gasteiger partial charge >= 0.3 is 6.03 Å². The zero-order valence-electron chi connectivity index (χ0n) is 21.6. The van der Waals surface area contributed by atoms with E-state index in [1.807, 2.05) is 31.3 Å². The molecule has 1 N–H and O–H groups in total. The van der Waals surface area contributed by atoms with Gasteiger partial charge in [0.05, 0.1) is 6.67 Å². The number of carbonyl (C=O) groups is 2. The molecule has 2 aromatic carbocycles. The molecule has 0 radical (unpaired) electrons. The molecule has 0 aromatic heterocycles. The molecule has 0 spiro atoms. The molecule has 0 aliphatic carbocycles. The van der Waals surface area contributed by atoms with E-state index in [1.165, 1.54) is 56.3 Å².